The highest BCUT2D eigenvalue weighted by Crippen LogP contribution is 2.27. The summed E-state index contributed by atoms with van der Waals surface area (Å²) < 4.78 is 6.33. The third-order valence-electron chi connectivity index (χ3n) is 3.47. The van der Waals surface area contributed by atoms with Crippen molar-refractivity contribution in [2.75, 3.05) is 26.3 Å². The van der Waals surface area contributed by atoms with Gasteiger partial charge in [0.15, 0.2) is 6.61 Å². The van der Waals surface area contributed by atoms with Crippen LogP contribution in [0.5, 0.6) is 5.75 Å². The van der Waals surface area contributed by atoms with Crippen LogP contribution >= 0.6 is 27.5 Å². The monoisotopic (exact) mass is 361 g/mol. The topological polar surface area (TPSA) is 49.8 Å². The van der Waals surface area contributed by atoms with E-state index in [0.29, 0.717) is 29.8 Å². The molecule has 0 atom stereocenters. The first-order chi connectivity index (χ1) is 9.60. The molecule has 0 radical (unpaired) electrons. The van der Waals surface area contributed by atoms with Gasteiger partial charge in [0.05, 0.1) is 5.02 Å². The number of likely N-dealkylation sites (tertiary alicyclic amines) is 1. The number of hydrogen-bond acceptors (Lipinski definition) is 3. The minimum Gasteiger partial charge on any atom is -0.482 e. The molecular formula is C14H17BrClNO3. The predicted octanol–water partition coefficient (Wildman–Crippen LogP) is 2.71. The molecule has 1 heterocycles. The fourth-order valence-corrected chi connectivity index (χ4v) is 2.92. The summed E-state index contributed by atoms with van der Waals surface area (Å²) in [6, 6.07) is 5.28. The average molecular weight is 363 g/mol. The van der Waals surface area contributed by atoms with Gasteiger partial charge in [-0.2, -0.15) is 0 Å². The van der Waals surface area contributed by atoms with E-state index in [9.17, 15) is 4.79 Å². The predicted molar refractivity (Wildman–Crippen MR) is 81.0 cm³/mol. The number of piperidine rings is 1. The van der Waals surface area contributed by atoms with E-state index in [-0.39, 0.29) is 19.1 Å². The van der Waals surface area contributed by atoms with Gasteiger partial charge in [0, 0.05) is 24.2 Å². The molecule has 0 bridgehead atoms. The Balaban J connectivity index is 1.83. The molecule has 20 heavy (non-hydrogen) atoms. The summed E-state index contributed by atoms with van der Waals surface area (Å²) in [6.45, 7) is 1.56. The quantitative estimate of drug-likeness (QED) is 0.896. The summed E-state index contributed by atoms with van der Waals surface area (Å²) in [4.78, 5) is 13.8. The Kier molecular flexibility index (Phi) is 5.69. The fraction of sp³-hybridized carbons (Fsp3) is 0.500. The number of ether oxygens (including phenoxy) is 1. The van der Waals surface area contributed by atoms with Crippen molar-refractivity contribution in [3.8, 4) is 5.75 Å². The second-order valence-electron chi connectivity index (χ2n) is 4.87. The van der Waals surface area contributed by atoms with Crippen LogP contribution in [0.1, 0.15) is 12.8 Å². The van der Waals surface area contributed by atoms with Crippen molar-refractivity contribution < 1.29 is 14.6 Å². The van der Waals surface area contributed by atoms with Gasteiger partial charge in [-0.05, 0) is 37.0 Å². The zero-order valence-electron chi connectivity index (χ0n) is 11.0. The molecule has 0 aromatic heterocycles. The lowest BCUT2D eigenvalue weighted by Gasteiger charge is -2.31. The molecule has 1 fully saturated rings. The molecule has 0 saturated carbocycles. The normalized spacial score (nSPS) is 16.2. The molecule has 1 aromatic carbocycles. The Morgan fingerprint density at radius 3 is 2.75 bits per heavy atom. The fourth-order valence-electron chi connectivity index (χ4n) is 2.19. The van der Waals surface area contributed by atoms with Gasteiger partial charge < -0.3 is 14.7 Å². The number of carbonyl (C=O) groups excluding carboxylic acids is 1. The van der Waals surface area contributed by atoms with Gasteiger partial charge in [0.1, 0.15) is 5.75 Å². The van der Waals surface area contributed by atoms with Crippen molar-refractivity contribution in [2.45, 2.75) is 12.8 Å². The van der Waals surface area contributed by atoms with E-state index in [0.717, 1.165) is 17.3 Å². The number of aliphatic hydroxyl groups is 1. The van der Waals surface area contributed by atoms with Gasteiger partial charge in [-0.25, -0.2) is 0 Å². The molecule has 0 aliphatic carbocycles. The minimum absolute atomic E-state index is 0.00879. The molecule has 6 heteroatoms. The van der Waals surface area contributed by atoms with Crippen LogP contribution in [0, 0.1) is 5.92 Å². The van der Waals surface area contributed by atoms with Gasteiger partial charge in [-0.3, -0.25) is 4.79 Å². The molecule has 110 valence electrons. The second kappa shape index (κ2) is 7.29. The van der Waals surface area contributed by atoms with Crippen LogP contribution in [0.4, 0.5) is 0 Å². The number of amides is 1. The number of benzene rings is 1. The summed E-state index contributed by atoms with van der Waals surface area (Å²) >= 11 is 9.34. The van der Waals surface area contributed by atoms with Crippen molar-refractivity contribution in [1.29, 1.82) is 0 Å². The first-order valence-electron chi connectivity index (χ1n) is 6.56. The van der Waals surface area contributed by atoms with Crippen LogP contribution in [0.2, 0.25) is 5.02 Å². The maximum atomic E-state index is 12.0. The van der Waals surface area contributed by atoms with Crippen LogP contribution in [0.15, 0.2) is 22.7 Å². The summed E-state index contributed by atoms with van der Waals surface area (Å²) in [5, 5.41) is 9.55. The smallest absolute Gasteiger partial charge is 0.260 e. The lowest BCUT2D eigenvalue weighted by Crippen LogP contribution is -2.41. The SMILES string of the molecule is O=C(COc1ccc(Br)cc1Cl)N1CCC(CO)CC1. The molecule has 1 aromatic rings. The maximum Gasteiger partial charge on any atom is 0.260 e. The molecule has 2 rings (SSSR count). The standard InChI is InChI=1S/C14H17BrClNO3/c15-11-1-2-13(12(16)7-11)20-9-14(19)17-5-3-10(8-18)4-6-17/h1-2,7,10,18H,3-6,8-9H2. The van der Waals surface area contributed by atoms with Crippen molar-refractivity contribution in [1.82, 2.24) is 4.90 Å². The highest BCUT2D eigenvalue weighted by atomic mass is 79.9. The number of rotatable bonds is 4. The van der Waals surface area contributed by atoms with Crippen LogP contribution < -0.4 is 4.74 Å². The number of carbonyl (C=O) groups is 1. The second-order valence-corrected chi connectivity index (χ2v) is 6.19. The third kappa shape index (κ3) is 4.11. The first-order valence-corrected chi connectivity index (χ1v) is 7.73. The number of nitrogens with zero attached hydrogens (tertiary/aromatic N) is 1. The molecule has 4 nitrogen and oxygen atoms in total. The van der Waals surface area contributed by atoms with Crippen molar-refractivity contribution in [3.63, 3.8) is 0 Å². The molecule has 1 N–H and O–H groups in total. The Hall–Kier alpha value is -0.780. The lowest BCUT2D eigenvalue weighted by atomic mass is 9.98. The zero-order valence-corrected chi connectivity index (χ0v) is 13.4. The number of aliphatic hydroxyl groups excluding tert-OH is 1. The lowest BCUT2D eigenvalue weighted by molar-refractivity contribution is -0.134. The Labute approximate surface area is 131 Å². The van der Waals surface area contributed by atoms with Gasteiger partial charge in [0.25, 0.3) is 5.91 Å². The van der Waals surface area contributed by atoms with Crippen molar-refractivity contribution in [2.24, 2.45) is 5.92 Å². The molecule has 1 amide bonds. The van der Waals surface area contributed by atoms with E-state index in [2.05, 4.69) is 15.9 Å². The van der Waals surface area contributed by atoms with E-state index in [1.807, 2.05) is 6.07 Å². The summed E-state index contributed by atoms with van der Waals surface area (Å²) in [5.74, 6) is 0.787. The van der Waals surface area contributed by atoms with E-state index in [1.165, 1.54) is 0 Å². The Morgan fingerprint density at radius 2 is 2.15 bits per heavy atom. The highest BCUT2D eigenvalue weighted by molar-refractivity contribution is 9.10. The van der Waals surface area contributed by atoms with Crippen LogP contribution in [0.3, 0.4) is 0 Å². The molecule has 0 spiro atoms. The third-order valence-corrected chi connectivity index (χ3v) is 4.26. The number of halogens is 2. The summed E-state index contributed by atoms with van der Waals surface area (Å²) in [5.41, 5.74) is 0. The van der Waals surface area contributed by atoms with Crippen LogP contribution in [-0.2, 0) is 4.79 Å². The van der Waals surface area contributed by atoms with Gasteiger partial charge in [-0.15, -0.1) is 0 Å². The highest BCUT2D eigenvalue weighted by Gasteiger charge is 2.22. The molecule has 1 saturated heterocycles. The molecular weight excluding hydrogens is 346 g/mol. The first kappa shape index (κ1) is 15.6. The van der Waals surface area contributed by atoms with Crippen LogP contribution in [-0.4, -0.2) is 42.2 Å². The Bertz CT molecular complexity index is 475. The van der Waals surface area contributed by atoms with E-state index < -0.39 is 0 Å². The zero-order chi connectivity index (χ0) is 14.5. The maximum absolute atomic E-state index is 12.0. The van der Waals surface area contributed by atoms with E-state index >= 15 is 0 Å². The summed E-state index contributed by atoms with van der Waals surface area (Å²) in [7, 11) is 0. The van der Waals surface area contributed by atoms with Gasteiger partial charge >= 0.3 is 0 Å². The molecule has 1 aliphatic heterocycles. The van der Waals surface area contributed by atoms with Gasteiger partial charge in [-0.1, -0.05) is 27.5 Å². The average Bonchev–Trinajstić information content (AvgIpc) is 2.46. The van der Waals surface area contributed by atoms with Crippen molar-refractivity contribution in [3.05, 3.63) is 27.7 Å². The largest absolute Gasteiger partial charge is 0.482 e. The van der Waals surface area contributed by atoms with E-state index in [4.69, 9.17) is 21.4 Å². The summed E-state index contributed by atoms with van der Waals surface area (Å²) in [6.07, 6.45) is 1.70. The Morgan fingerprint density at radius 1 is 1.45 bits per heavy atom. The minimum atomic E-state index is -0.0413. The molecule has 1 aliphatic rings. The van der Waals surface area contributed by atoms with E-state index in [1.54, 1.807) is 17.0 Å². The van der Waals surface area contributed by atoms with Gasteiger partial charge in [0.2, 0.25) is 0 Å². The van der Waals surface area contributed by atoms with Crippen LogP contribution in [0.25, 0.3) is 0 Å². The molecule has 0 unspecified atom stereocenters. The van der Waals surface area contributed by atoms with Crippen molar-refractivity contribution >= 4 is 33.4 Å². The number of hydrogen-bond donors (Lipinski definition) is 1.